The molecule has 1 amide bonds. The van der Waals surface area contributed by atoms with Gasteiger partial charge in [-0.3, -0.25) is 4.79 Å². The van der Waals surface area contributed by atoms with Crippen LogP contribution in [0, 0.1) is 0 Å². The van der Waals surface area contributed by atoms with Crippen LogP contribution in [0.3, 0.4) is 0 Å². The summed E-state index contributed by atoms with van der Waals surface area (Å²) < 4.78 is 11.1. The maximum absolute atomic E-state index is 12.0. The highest BCUT2D eigenvalue weighted by molar-refractivity contribution is 5.80. The zero-order chi connectivity index (χ0) is 15.8. The maximum atomic E-state index is 12.0. The van der Waals surface area contributed by atoms with Crippen LogP contribution in [0.5, 0.6) is 5.75 Å². The minimum absolute atomic E-state index is 0.0198. The number of likely N-dealkylation sites (N-methyl/N-ethyl adjacent to an activating group) is 1. The Hall–Kier alpha value is -1.55. The number of ether oxygens (including phenoxy) is 2. The molecule has 4 heteroatoms. The monoisotopic (exact) mass is 293 g/mol. The summed E-state index contributed by atoms with van der Waals surface area (Å²) in [6.45, 7) is 8.77. The Morgan fingerprint density at radius 3 is 2.33 bits per heavy atom. The van der Waals surface area contributed by atoms with Crippen LogP contribution >= 0.6 is 0 Å². The number of hydrogen-bond acceptors (Lipinski definition) is 3. The molecule has 0 spiro atoms. The van der Waals surface area contributed by atoms with Crippen LogP contribution in [0.25, 0.3) is 0 Å². The van der Waals surface area contributed by atoms with Crippen molar-refractivity contribution in [2.24, 2.45) is 0 Å². The summed E-state index contributed by atoms with van der Waals surface area (Å²) in [5.41, 5.74) is 1.29. The smallest absolute Gasteiger partial charge is 0.251 e. The van der Waals surface area contributed by atoms with Gasteiger partial charge in [0.25, 0.3) is 5.91 Å². The number of carbonyl (C=O) groups is 1. The second-order valence-corrected chi connectivity index (χ2v) is 5.43. The number of carbonyl (C=O) groups excluding carboxylic acids is 1. The molecule has 1 rings (SSSR count). The number of aryl methyl sites for hydroxylation is 1. The van der Waals surface area contributed by atoms with Crippen molar-refractivity contribution in [3.63, 3.8) is 0 Å². The second-order valence-electron chi connectivity index (χ2n) is 5.43. The molecule has 1 atom stereocenters. The van der Waals surface area contributed by atoms with Gasteiger partial charge in [0.05, 0.1) is 12.6 Å². The van der Waals surface area contributed by atoms with E-state index in [9.17, 15) is 4.79 Å². The maximum Gasteiger partial charge on any atom is 0.251 e. The molecule has 0 fully saturated rings. The van der Waals surface area contributed by atoms with Crippen molar-refractivity contribution in [2.75, 3.05) is 20.2 Å². The van der Waals surface area contributed by atoms with Crippen LogP contribution in [-0.4, -0.2) is 43.2 Å². The topological polar surface area (TPSA) is 38.8 Å². The fourth-order valence-electron chi connectivity index (χ4n) is 2.01. The summed E-state index contributed by atoms with van der Waals surface area (Å²) in [5, 5.41) is 0. The summed E-state index contributed by atoms with van der Waals surface area (Å²) in [7, 11) is 1.77. The van der Waals surface area contributed by atoms with Gasteiger partial charge in [-0.15, -0.1) is 0 Å². The largest absolute Gasteiger partial charge is 0.492 e. The molecule has 1 aromatic rings. The van der Waals surface area contributed by atoms with Crippen molar-refractivity contribution < 1.29 is 14.3 Å². The lowest BCUT2D eigenvalue weighted by Gasteiger charge is -2.23. The average molecular weight is 293 g/mol. The molecule has 0 aromatic heterocycles. The summed E-state index contributed by atoms with van der Waals surface area (Å²) in [6.07, 6.45) is 0.648. The van der Waals surface area contributed by atoms with Gasteiger partial charge >= 0.3 is 0 Å². The van der Waals surface area contributed by atoms with Gasteiger partial charge in [0.15, 0.2) is 0 Å². The van der Waals surface area contributed by atoms with Gasteiger partial charge in [0.2, 0.25) is 0 Å². The lowest BCUT2D eigenvalue weighted by Crippen LogP contribution is -2.39. The first-order valence-corrected chi connectivity index (χ1v) is 7.56. The highest BCUT2D eigenvalue weighted by atomic mass is 16.5. The summed E-state index contributed by atoms with van der Waals surface area (Å²) >= 11 is 0. The average Bonchev–Trinajstić information content (AvgIpc) is 2.46. The standard InChI is InChI=1S/C17H27NO3/c1-6-15-7-9-16(10-8-15)20-12-11-18(5)17(19)14(4)21-13(2)3/h7-10,13-14H,6,11-12H2,1-5H3/t14-/m1/s1. The number of benzene rings is 1. The lowest BCUT2D eigenvalue weighted by atomic mass is 10.2. The molecule has 0 bridgehead atoms. The molecule has 0 N–H and O–H groups in total. The van der Waals surface area contributed by atoms with E-state index < -0.39 is 6.10 Å². The van der Waals surface area contributed by atoms with E-state index in [4.69, 9.17) is 9.47 Å². The summed E-state index contributed by atoms with van der Waals surface area (Å²) in [4.78, 5) is 13.7. The molecule has 0 unspecified atom stereocenters. The molecular formula is C17H27NO3. The van der Waals surface area contributed by atoms with Crippen LogP contribution in [0.1, 0.15) is 33.3 Å². The Morgan fingerprint density at radius 2 is 1.81 bits per heavy atom. The molecule has 118 valence electrons. The number of hydrogen-bond donors (Lipinski definition) is 0. The minimum atomic E-state index is -0.418. The Labute approximate surface area is 128 Å². The van der Waals surface area contributed by atoms with Crippen molar-refractivity contribution >= 4 is 5.91 Å². The van der Waals surface area contributed by atoms with Gasteiger partial charge in [-0.2, -0.15) is 0 Å². The molecule has 0 aliphatic heterocycles. The third kappa shape index (κ3) is 6.17. The molecule has 0 saturated heterocycles. The molecular weight excluding hydrogens is 266 g/mol. The van der Waals surface area contributed by atoms with Gasteiger partial charge in [0.1, 0.15) is 18.5 Å². The normalized spacial score (nSPS) is 12.3. The van der Waals surface area contributed by atoms with E-state index >= 15 is 0 Å². The van der Waals surface area contributed by atoms with E-state index in [1.165, 1.54) is 5.56 Å². The van der Waals surface area contributed by atoms with Crippen molar-refractivity contribution in [3.05, 3.63) is 29.8 Å². The Morgan fingerprint density at radius 1 is 1.19 bits per heavy atom. The molecule has 0 saturated carbocycles. The first kappa shape index (κ1) is 17.5. The van der Waals surface area contributed by atoms with Crippen LogP contribution in [0.2, 0.25) is 0 Å². The number of nitrogens with zero attached hydrogens (tertiary/aromatic N) is 1. The molecule has 4 nitrogen and oxygen atoms in total. The van der Waals surface area contributed by atoms with Crippen LogP contribution in [-0.2, 0) is 16.0 Å². The van der Waals surface area contributed by atoms with E-state index in [1.807, 2.05) is 26.0 Å². The van der Waals surface area contributed by atoms with Gasteiger partial charge in [0, 0.05) is 7.05 Å². The van der Waals surface area contributed by atoms with E-state index in [0.29, 0.717) is 13.2 Å². The first-order valence-electron chi connectivity index (χ1n) is 7.56. The van der Waals surface area contributed by atoms with Crippen LogP contribution < -0.4 is 4.74 Å². The highest BCUT2D eigenvalue weighted by Gasteiger charge is 2.18. The van der Waals surface area contributed by atoms with Gasteiger partial charge in [-0.05, 0) is 44.9 Å². The van der Waals surface area contributed by atoms with Gasteiger partial charge in [-0.1, -0.05) is 19.1 Å². The van der Waals surface area contributed by atoms with Crippen LogP contribution in [0.15, 0.2) is 24.3 Å². The summed E-state index contributed by atoms with van der Waals surface area (Å²) in [5.74, 6) is 0.813. The summed E-state index contributed by atoms with van der Waals surface area (Å²) in [6, 6.07) is 8.04. The van der Waals surface area contributed by atoms with E-state index in [-0.39, 0.29) is 12.0 Å². The predicted molar refractivity (Wildman–Crippen MR) is 84.6 cm³/mol. The van der Waals surface area contributed by atoms with Crippen LogP contribution in [0.4, 0.5) is 0 Å². The second kappa shape index (κ2) is 8.67. The van der Waals surface area contributed by atoms with Crippen molar-refractivity contribution in [2.45, 2.75) is 46.3 Å². The fourth-order valence-corrected chi connectivity index (χ4v) is 2.01. The molecule has 0 radical (unpaired) electrons. The lowest BCUT2D eigenvalue weighted by molar-refractivity contribution is -0.144. The quantitative estimate of drug-likeness (QED) is 0.740. The predicted octanol–water partition coefficient (Wildman–Crippen LogP) is 2.90. The third-order valence-electron chi connectivity index (χ3n) is 3.23. The Bertz CT molecular complexity index is 428. The van der Waals surface area contributed by atoms with Crippen molar-refractivity contribution in [1.82, 2.24) is 4.90 Å². The van der Waals surface area contributed by atoms with E-state index in [2.05, 4.69) is 19.1 Å². The molecule has 0 aliphatic carbocycles. The van der Waals surface area contributed by atoms with E-state index in [0.717, 1.165) is 12.2 Å². The fraction of sp³-hybridized carbons (Fsp3) is 0.588. The van der Waals surface area contributed by atoms with Crippen molar-refractivity contribution in [3.8, 4) is 5.75 Å². The zero-order valence-corrected chi connectivity index (χ0v) is 13.8. The van der Waals surface area contributed by atoms with Crippen molar-refractivity contribution in [1.29, 1.82) is 0 Å². The first-order chi connectivity index (χ1) is 9.93. The molecule has 1 aromatic carbocycles. The zero-order valence-electron chi connectivity index (χ0n) is 13.8. The van der Waals surface area contributed by atoms with E-state index in [1.54, 1.807) is 18.9 Å². The Balaban J connectivity index is 2.35. The highest BCUT2D eigenvalue weighted by Crippen LogP contribution is 2.12. The molecule has 21 heavy (non-hydrogen) atoms. The Kier molecular flexibility index (Phi) is 7.23. The van der Waals surface area contributed by atoms with Gasteiger partial charge < -0.3 is 14.4 Å². The SMILES string of the molecule is CCc1ccc(OCCN(C)C(=O)[C@@H](C)OC(C)C)cc1. The number of amides is 1. The molecule has 0 heterocycles. The van der Waals surface area contributed by atoms with Gasteiger partial charge in [-0.25, -0.2) is 0 Å². The minimum Gasteiger partial charge on any atom is -0.492 e. The third-order valence-corrected chi connectivity index (χ3v) is 3.23. The molecule has 0 aliphatic rings. The number of rotatable bonds is 8.